The van der Waals surface area contributed by atoms with Crippen LogP contribution in [0.4, 0.5) is 0 Å². The number of carbonyl (C=O) groups is 1. The van der Waals surface area contributed by atoms with E-state index >= 15 is 0 Å². The lowest BCUT2D eigenvalue weighted by molar-refractivity contribution is 0.0752. The van der Waals surface area contributed by atoms with Gasteiger partial charge in [-0.2, -0.15) is 0 Å². The summed E-state index contributed by atoms with van der Waals surface area (Å²) in [6, 6.07) is 3.50. The molecule has 114 valence electrons. The number of hydrogen-bond acceptors (Lipinski definition) is 3. The summed E-state index contributed by atoms with van der Waals surface area (Å²) in [5, 5.41) is 10.3. The van der Waals surface area contributed by atoms with Gasteiger partial charge in [0.05, 0.1) is 6.10 Å². The molecule has 1 saturated carbocycles. The lowest BCUT2D eigenvalue weighted by Gasteiger charge is -2.19. The highest BCUT2D eigenvalue weighted by molar-refractivity contribution is 6.29. The monoisotopic (exact) mass is 308 g/mol. The molecule has 0 spiro atoms. The molecule has 0 bridgehead atoms. The second-order valence-corrected chi connectivity index (χ2v) is 6.59. The average molecular weight is 309 g/mol. The molecule has 1 aliphatic carbocycles. The Hall–Kier alpha value is -1.13. The Morgan fingerprint density at radius 3 is 2.95 bits per heavy atom. The van der Waals surface area contributed by atoms with Crippen LogP contribution in [0.1, 0.15) is 42.2 Å². The number of pyridine rings is 1. The van der Waals surface area contributed by atoms with Crippen molar-refractivity contribution < 1.29 is 9.90 Å². The minimum absolute atomic E-state index is 0.0123. The fourth-order valence-corrected chi connectivity index (χ4v) is 3.87. The molecule has 3 rings (SSSR count). The SMILES string of the molecule is CCCc1cc(C(=O)N2CC3CCC(O)C3C2)cc(Cl)n1. The van der Waals surface area contributed by atoms with Crippen molar-refractivity contribution in [3.8, 4) is 0 Å². The van der Waals surface area contributed by atoms with Crippen molar-refractivity contribution in [3.05, 3.63) is 28.5 Å². The predicted molar refractivity (Wildman–Crippen MR) is 81.4 cm³/mol. The van der Waals surface area contributed by atoms with Crippen LogP contribution >= 0.6 is 11.6 Å². The number of hydrogen-bond donors (Lipinski definition) is 1. The van der Waals surface area contributed by atoms with E-state index in [9.17, 15) is 9.90 Å². The number of aliphatic hydroxyl groups excluding tert-OH is 1. The van der Waals surface area contributed by atoms with Crippen LogP contribution in [0.3, 0.4) is 0 Å². The second-order valence-electron chi connectivity index (χ2n) is 6.20. The van der Waals surface area contributed by atoms with Gasteiger partial charge in [-0.05, 0) is 37.3 Å². The van der Waals surface area contributed by atoms with Crippen LogP contribution in [0.2, 0.25) is 5.15 Å². The minimum atomic E-state index is -0.246. The molecule has 1 aromatic heterocycles. The fraction of sp³-hybridized carbons (Fsp3) is 0.625. The summed E-state index contributed by atoms with van der Waals surface area (Å²) in [7, 11) is 0. The zero-order chi connectivity index (χ0) is 15.0. The summed E-state index contributed by atoms with van der Waals surface area (Å²) in [5.41, 5.74) is 1.49. The summed E-state index contributed by atoms with van der Waals surface area (Å²) in [5.74, 6) is 0.719. The highest BCUT2D eigenvalue weighted by atomic mass is 35.5. The number of amides is 1. The quantitative estimate of drug-likeness (QED) is 0.873. The zero-order valence-corrected chi connectivity index (χ0v) is 13.0. The van der Waals surface area contributed by atoms with Gasteiger partial charge < -0.3 is 10.0 Å². The molecule has 2 aliphatic rings. The Morgan fingerprint density at radius 1 is 1.43 bits per heavy atom. The third kappa shape index (κ3) is 2.92. The summed E-state index contributed by atoms with van der Waals surface area (Å²) >= 11 is 6.03. The van der Waals surface area contributed by atoms with Gasteiger partial charge in [-0.15, -0.1) is 0 Å². The molecule has 2 fully saturated rings. The Bertz CT molecular complexity index is 549. The number of carbonyl (C=O) groups excluding carboxylic acids is 1. The van der Waals surface area contributed by atoms with E-state index in [0.29, 0.717) is 23.2 Å². The van der Waals surface area contributed by atoms with Crippen molar-refractivity contribution in [2.45, 2.75) is 38.7 Å². The normalized spacial score (nSPS) is 28.0. The third-order valence-corrected chi connectivity index (χ3v) is 4.90. The van der Waals surface area contributed by atoms with E-state index in [-0.39, 0.29) is 17.9 Å². The van der Waals surface area contributed by atoms with Crippen molar-refractivity contribution >= 4 is 17.5 Å². The van der Waals surface area contributed by atoms with E-state index in [4.69, 9.17) is 11.6 Å². The molecule has 1 amide bonds. The van der Waals surface area contributed by atoms with Crippen LogP contribution in [0.25, 0.3) is 0 Å². The van der Waals surface area contributed by atoms with E-state index in [1.807, 2.05) is 11.0 Å². The summed E-state index contributed by atoms with van der Waals surface area (Å²) in [6.07, 6.45) is 3.45. The van der Waals surface area contributed by atoms with Gasteiger partial charge in [0, 0.05) is 30.3 Å². The molecule has 0 radical (unpaired) electrons. The predicted octanol–water partition coefficient (Wildman–Crippen LogP) is 2.53. The van der Waals surface area contributed by atoms with Crippen molar-refractivity contribution in [1.82, 2.24) is 9.88 Å². The number of halogens is 1. The smallest absolute Gasteiger partial charge is 0.254 e. The first-order valence-corrected chi connectivity index (χ1v) is 8.10. The molecule has 1 N–H and O–H groups in total. The summed E-state index contributed by atoms with van der Waals surface area (Å²) < 4.78 is 0. The maximum atomic E-state index is 12.7. The van der Waals surface area contributed by atoms with Crippen LogP contribution in [-0.2, 0) is 6.42 Å². The van der Waals surface area contributed by atoms with Gasteiger partial charge in [-0.25, -0.2) is 4.98 Å². The highest BCUT2D eigenvalue weighted by Crippen LogP contribution is 2.38. The average Bonchev–Trinajstić information content (AvgIpc) is 3.00. The largest absolute Gasteiger partial charge is 0.393 e. The molecule has 0 aromatic carbocycles. The molecule has 1 saturated heterocycles. The molecule has 1 aliphatic heterocycles. The fourth-order valence-electron chi connectivity index (χ4n) is 3.64. The van der Waals surface area contributed by atoms with Crippen molar-refractivity contribution in [3.63, 3.8) is 0 Å². The molecule has 3 unspecified atom stereocenters. The molecular weight excluding hydrogens is 288 g/mol. The molecular formula is C16H21ClN2O2. The van der Waals surface area contributed by atoms with Gasteiger partial charge in [0.25, 0.3) is 5.91 Å². The van der Waals surface area contributed by atoms with Crippen LogP contribution in [0.5, 0.6) is 0 Å². The lowest BCUT2D eigenvalue weighted by Crippen LogP contribution is -2.31. The number of fused-ring (bicyclic) bond motifs is 1. The van der Waals surface area contributed by atoms with E-state index < -0.39 is 0 Å². The highest BCUT2D eigenvalue weighted by Gasteiger charge is 2.43. The van der Waals surface area contributed by atoms with Crippen molar-refractivity contribution in [2.75, 3.05) is 13.1 Å². The number of likely N-dealkylation sites (tertiary alicyclic amines) is 1. The van der Waals surface area contributed by atoms with Gasteiger partial charge in [0.1, 0.15) is 5.15 Å². The zero-order valence-electron chi connectivity index (χ0n) is 12.3. The van der Waals surface area contributed by atoms with Crippen molar-refractivity contribution in [1.29, 1.82) is 0 Å². The summed E-state index contributed by atoms with van der Waals surface area (Å²) in [4.78, 5) is 18.8. The van der Waals surface area contributed by atoms with Gasteiger partial charge in [0.15, 0.2) is 0 Å². The van der Waals surface area contributed by atoms with E-state index in [0.717, 1.165) is 37.9 Å². The first-order valence-electron chi connectivity index (χ1n) is 7.72. The number of aryl methyl sites for hydroxylation is 1. The maximum absolute atomic E-state index is 12.7. The maximum Gasteiger partial charge on any atom is 0.254 e. The van der Waals surface area contributed by atoms with Gasteiger partial charge >= 0.3 is 0 Å². The van der Waals surface area contributed by atoms with E-state index in [1.165, 1.54) is 0 Å². The van der Waals surface area contributed by atoms with Crippen molar-refractivity contribution in [2.24, 2.45) is 11.8 Å². The van der Waals surface area contributed by atoms with Crippen LogP contribution < -0.4 is 0 Å². The summed E-state index contributed by atoms with van der Waals surface area (Å²) in [6.45, 7) is 3.49. The lowest BCUT2D eigenvalue weighted by atomic mass is 10.00. The Morgan fingerprint density at radius 2 is 2.24 bits per heavy atom. The molecule has 2 heterocycles. The van der Waals surface area contributed by atoms with E-state index in [2.05, 4.69) is 11.9 Å². The topological polar surface area (TPSA) is 53.4 Å². The van der Waals surface area contributed by atoms with E-state index in [1.54, 1.807) is 6.07 Å². The van der Waals surface area contributed by atoms with Crippen LogP contribution in [-0.4, -0.2) is 40.1 Å². The number of rotatable bonds is 3. The molecule has 4 nitrogen and oxygen atoms in total. The van der Waals surface area contributed by atoms with Crippen LogP contribution in [0, 0.1) is 11.8 Å². The standard InChI is InChI=1S/C16H21ClN2O2/c1-2-3-12-6-11(7-15(17)18-12)16(21)19-8-10-4-5-14(20)13(10)9-19/h6-7,10,13-14,20H,2-5,8-9H2,1H3. The molecule has 3 atom stereocenters. The van der Waals surface area contributed by atoms with Gasteiger partial charge in [0.2, 0.25) is 0 Å². The number of nitrogens with zero attached hydrogens (tertiary/aromatic N) is 2. The number of aliphatic hydroxyl groups is 1. The Labute approximate surface area is 130 Å². The van der Waals surface area contributed by atoms with Gasteiger partial charge in [-0.3, -0.25) is 4.79 Å². The second kappa shape index (κ2) is 5.93. The Kier molecular flexibility index (Phi) is 4.18. The molecule has 1 aromatic rings. The molecule has 21 heavy (non-hydrogen) atoms. The van der Waals surface area contributed by atoms with Crippen LogP contribution in [0.15, 0.2) is 12.1 Å². The number of aromatic nitrogens is 1. The first kappa shape index (κ1) is 14.8. The first-order chi connectivity index (χ1) is 10.1. The molecule has 5 heteroatoms. The minimum Gasteiger partial charge on any atom is -0.393 e. The third-order valence-electron chi connectivity index (χ3n) is 4.71. The van der Waals surface area contributed by atoms with Gasteiger partial charge in [-0.1, -0.05) is 24.9 Å². The Balaban J connectivity index is 1.77.